The molecule has 1 aliphatic heterocycles. The predicted octanol–water partition coefficient (Wildman–Crippen LogP) is 3.94. The van der Waals surface area contributed by atoms with E-state index in [1.54, 1.807) is 12.1 Å². The van der Waals surface area contributed by atoms with E-state index in [0.29, 0.717) is 18.4 Å². The number of rotatable bonds is 5. The predicted molar refractivity (Wildman–Crippen MR) is 122 cm³/mol. The number of nitrogens with zero attached hydrogens (tertiary/aromatic N) is 2. The van der Waals surface area contributed by atoms with E-state index < -0.39 is 5.82 Å². The van der Waals surface area contributed by atoms with Crippen molar-refractivity contribution in [1.82, 2.24) is 15.5 Å². The van der Waals surface area contributed by atoms with Crippen molar-refractivity contribution in [3.8, 4) is 0 Å². The summed E-state index contributed by atoms with van der Waals surface area (Å²) in [6, 6.07) is 4.84. The van der Waals surface area contributed by atoms with Gasteiger partial charge in [0.05, 0.1) is 11.6 Å². The van der Waals surface area contributed by atoms with Gasteiger partial charge in [0, 0.05) is 31.6 Å². The number of halogens is 3. The molecule has 2 N–H and O–H groups in total. The number of guanidine groups is 1. The van der Waals surface area contributed by atoms with Crippen LogP contribution < -0.4 is 10.6 Å². The second-order valence-electron chi connectivity index (χ2n) is 7.34. The van der Waals surface area contributed by atoms with Crippen molar-refractivity contribution in [1.29, 1.82) is 0 Å². The van der Waals surface area contributed by atoms with E-state index in [0.717, 1.165) is 44.5 Å². The van der Waals surface area contributed by atoms with Crippen LogP contribution in [0.3, 0.4) is 0 Å². The van der Waals surface area contributed by atoms with E-state index in [1.807, 2.05) is 11.8 Å². The third-order valence-corrected chi connectivity index (χ3v) is 5.58. The number of hydrogen-bond donors (Lipinski definition) is 2. The average Bonchev–Trinajstić information content (AvgIpc) is 3.34. The van der Waals surface area contributed by atoms with Crippen LogP contribution in [-0.4, -0.2) is 42.4 Å². The van der Waals surface area contributed by atoms with Gasteiger partial charge in [0.25, 0.3) is 0 Å². The van der Waals surface area contributed by atoms with Gasteiger partial charge < -0.3 is 15.5 Å². The molecule has 0 aromatic heterocycles. The highest BCUT2D eigenvalue weighted by Gasteiger charge is 2.32. The maximum Gasteiger partial charge on any atom is 0.225 e. The minimum atomic E-state index is -0.424. The zero-order chi connectivity index (χ0) is 19.2. The molecule has 1 saturated heterocycles. The summed E-state index contributed by atoms with van der Waals surface area (Å²) in [4.78, 5) is 19.2. The van der Waals surface area contributed by atoms with E-state index in [-0.39, 0.29) is 41.0 Å². The SMILES string of the molecule is CCNC(=NCc1ccc(F)c(Cl)c1)NC1CCN(C(=O)C2CCCC2)C1.I. The number of likely N-dealkylation sites (tertiary alicyclic amines) is 1. The molecule has 0 spiro atoms. The third-order valence-electron chi connectivity index (χ3n) is 5.29. The highest BCUT2D eigenvalue weighted by molar-refractivity contribution is 14.0. The molecule has 3 rings (SSSR count). The molecule has 0 bridgehead atoms. The summed E-state index contributed by atoms with van der Waals surface area (Å²) in [5.41, 5.74) is 0.850. The molecule has 0 radical (unpaired) electrons. The van der Waals surface area contributed by atoms with Gasteiger partial charge >= 0.3 is 0 Å². The molecule has 1 unspecified atom stereocenters. The number of benzene rings is 1. The van der Waals surface area contributed by atoms with E-state index >= 15 is 0 Å². The lowest BCUT2D eigenvalue weighted by Crippen LogP contribution is -2.45. The Bertz CT molecular complexity index is 697. The van der Waals surface area contributed by atoms with E-state index in [2.05, 4.69) is 15.6 Å². The molecule has 2 fully saturated rings. The maximum absolute atomic E-state index is 13.3. The number of nitrogens with one attached hydrogen (secondary N) is 2. The standard InChI is InChI=1S/C20H28ClFN4O.HI/c1-2-23-20(24-12-14-7-8-18(22)17(21)11-14)25-16-9-10-26(13-16)19(27)15-5-3-4-6-15;/h7-8,11,15-16H,2-6,9-10,12-13H2,1H3,(H2,23,24,25);1H. The molecule has 1 aromatic carbocycles. The van der Waals surface area contributed by atoms with Gasteiger partial charge in [0.15, 0.2) is 5.96 Å². The van der Waals surface area contributed by atoms with Crippen LogP contribution >= 0.6 is 35.6 Å². The molecule has 1 aliphatic carbocycles. The summed E-state index contributed by atoms with van der Waals surface area (Å²) in [5.74, 6) is 0.832. The lowest BCUT2D eigenvalue weighted by atomic mass is 10.1. The van der Waals surface area contributed by atoms with Crippen molar-refractivity contribution in [2.45, 2.75) is 51.6 Å². The molecule has 2 aliphatic rings. The summed E-state index contributed by atoms with van der Waals surface area (Å²) in [6.07, 6.45) is 5.36. The quantitative estimate of drug-likeness (QED) is 0.350. The lowest BCUT2D eigenvalue weighted by molar-refractivity contribution is -0.134. The molecule has 8 heteroatoms. The van der Waals surface area contributed by atoms with Crippen LogP contribution in [0.5, 0.6) is 0 Å². The van der Waals surface area contributed by atoms with Gasteiger partial charge in [0.2, 0.25) is 5.91 Å². The number of amides is 1. The van der Waals surface area contributed by atoms with Crippen LogP contribution in [0.15, 0.2) is 23.2 Å². The van der Waals surface area contributed by atoms with Gasteiger partial charge in [-0.05, 0) is 43.9 Å². The largest absolute Gasteiger partial charge is 0.357 e. The minimum Gasteiger partial charge on any atom is -0.357 e. The summed E-state index contributed by atoms with van der Waals surface area (Å²) in [7, 11) is 0. The number of aliphatic imine (C=N–C) groups is 1. The van der Waals surface area contributed by atoms with Crippen molar-refractivity contribution in [3.63, 3.8) is 0 Å². The molecule has 1 saturated carbocycles. The van der Waals surface area contributed by atoms with Crippen molar-refractivity contribution in [3.05, 3.63) is 34.6 Å². The van der Waals surface area contributed by atoms with Crippen molar-refractivity contribution in [2.75, 3.05) is 19.6 Å². The molecule has 1 amide bonds. The van der Waals surface area contributed by atoms with Crippen molar-refractivity contribution < 1.29 is 9.18 Å². The fourth-order valence-corrected chi connectivity index (χ4v) is 4.03. The van der Waals surface area contributed by atoms with Gasteiger partial charge in [-0.3, -0.25) is 4.79 Å². The first-order valence-electron chi connectivity index (χ1n) is 9.84. The van der Waals surface area contributed by atoms with Crippen LogP contribution in [0, 0.1) is 11.7 Å². The van der Waals surface area contributed by atoms with Crippen molar-refractivity contribution >= 4 is 47.4 Å². The van der Waals surface area contributed by atoms with Gasteiger partial charge in [-0.2, -0.15) is 0 Å². The Hall–Kier alpha value is -1.09. The average molecular weight is 523 g/mol. The normalized spacial score (nSPS) is 20.2. The fraction of sp³-hybridized carbons (Fsp3) is 0.600. The molecular formula is C20H29ClFIN4O. The maximum atomic E-state index is 13.3. The molecule has 156 valence electrons. The third kappa shape index (κ3) is 6.20. The van der Waals surface area contributed by atoms with Gasteiger partial charge in [0.1, 0.15) is 5.82 Å². The van der Waals surface area contributed by atoms with Crippen LogP contribution in [-0.2, 0) is 11.3 Å². The Kier molecular flexibility index (Phi) is 9.27. The summed E-state index contributed by atoms with van der Waals surface area (Å²) >= 11 is 5.84. The number of carbonyl (C=O) groups is 1. The van der Waals surface area contributed by atoms with Crippen LogP contribution in [0.25, 0.3) is 0 Å². The second kappa shape index (κ2) is 11.2. The van der Waals surface area contributed by atoms with Gasteiger partial charge in [-0.15, -0.1) is 24.0 Å². The second-order valence-corrected chi connectivity index (χ2v) is 7.75. The first-order valence-corrected chi connectivity index (χ1v) is 10.2. The topological polar surface area (TPSA) is 56.7 Å². The number of carbonyl (C=O) groups excluding carboxylic acids is 1. The van der Waals surface area contributed by atoms with E-state index in [4.69, 9.17) is 11.6 Å². The Balaban J connectivity index is 0.00000280. The monoisotopic (exact) mass is 522 g/mol. The fourth-order valence-electron chi connectivity index (χ4n) is 3.83. The molecule has 5 nitrogen and oxygen atoms in total. The molecule has 28 heavy (non-hydrogen) atoms. The van der Waals surface area contributed by atoms with E-state index in [1.165, 1.54) is 18.9 Å². The Labute approximate surface area is 188 Å². The molecular weight excluding hydrogens is 494 g/mol. The van der Waals surface area contributed by atoms with Crippen molar-refractivity contribution in [2.24, 2.45) is 10.9 Å². The number of hydrogen-bond acceptors (Lipinski definition) is 2. The Morgan fingerprint density at radius 2 is 2.07 bits per heavy atom. The Morgan fingerprint density at radius 3 is 2.75 bits per heavy atom. The highest BCUT2D eigenvalue weighted by atomic mass is 127. The highest BCUT2D eigenvalue weighted by Crippen LogP contribution is 2.27. The van der Waals surface area contributed by atoms with Gasteiger partial charge in [-0.1, -0.05) is 30.5 Å². The summed E-state index contributed by atoms with van der Waals surface area (Å²) < 4.78 is 13.3. The smallest absolute Gasteiger partial charge is 0.225 e. The molecule has 1 atom stereocenters. The first-order chi connectivity index (χ1) is 13.1. The van der Waals surface area contributed by atoms with Gasteiger partial charge in [-0.25, -0.2) is 9.38 Å². The zero-order valence-corrected chi connectivity index (χ0v) is 19.3. The van der Waals surface area contributed by atoms with Crippen LogP contribution in [0.4, 0.5) is 4.39 Å². The zero-order valence-electron chi connectivity index (χ0n) is 16.2. The van der Waals surface area contributed by atoms with Crippen LogP contribution in [0.1, 0.15) is 44.6 Å². The summed E-state index contributed by atoms with van der Waals surface area (Å²) in [6.45, 7) is 4.69. The summed E-state index contributed by atoms with van der Waals surface area (Å²) in [5, 5.41) is 6.77. The first kappa shape index (κ1) is 23.2. The van der Waals surface area contributed by atoms with Crippen LogP contribution in [0.2, 0.25) is 5.02 Å². The minimum absolute atomic E-state index is 0. The molecule has 1 heterocycles. The molecule has 1 aromatic rings. The lowest BCUT2D eigenvalue weighted by Gasteiger charge is -2.21. The Morgan fingerprint density at radius 1 is 1.32 bits per heavy atom. The van der Waals surface area contributed by atoms with E-state index in [9.17, 15) is 9.18 Å².